The van der Waals surface area contributed by atoms with Gasteiger partial charge >= 0.3 is 6.09 Å². The third-order valence-corrected chi connectivity index (χ3v) is 3.46. The second-order valence-corrected chi connectivity index (χ2v) is 6.24. The molecule has 1 aromatic carbocycles. The molecule has 2 rings (SSSR count). The van der Waals surface area contributed by atoms with Crippen molar-refractivity contribution in [3.05, 3.63) is 35.9 Å². The summed E-state index contributed by atoms with van der Waals surface area (Å²) >= 11 is 0. The first-order valence-corrected chi connectivity index (χ1v) is 6.95. The van der Waals surface area contributed by atoms with Crippen molar-refractivity contribution >= 4 is 6.09 Å². The van der Waals surface area contributed by atoms with E-state index >= 15 is 0 Å². The van der Waals surface area contributed by atoms with Crippen LogP contribution in [0.2, 0.25) is 0 Å². The summed E-state index contributed by atoms with van der Waals surface area (Å²) < 4.78 is 5.53. The first-order chi connectivity index (χ1) is 8.88. The normalized spacial score (nSPS) is 23.5. The van der Waals surface area contributed by atoms with Crippen LogP contribution in [0.5, 0.6) is 0 Å². The molecule has 0 unspecified atom stereocenters. The van der Waals surface area contributed by atoms with Crippen LogP contribution >= 0.6 is 0 Å². The van der Waals surface area contributed by atoms with Crippen LogP contribution in [-0.4, -0.2) is 22.6 Å². The average molecular weight is 261 g/mol. The van der Waals surface area contributed by atoms with Crippen LogP contribution in [0, 0.1) is 0 Å². The molecule has 0 radical (unpaired) electrons. The summed E-state index contributed by atoms with van der Waals surface area (Å²) in [6, 6.07) is 10.6. The minimum Gasteiger partial charge on any atom is -0.444 e. The molecule has 1 saturated heterocycles. The highest BCUT2D eigenvalue weighted by Gasteiger charge is 2.37. The van der Waals surface area contributed by atoms with Crippen LogP contribution < -0.4 is 0 Å². The zero-order valence-corrected chi connectivity index (χ0v) is 12.2. The lowest BCUT2D eigenvalue weighted by molar-refractivity contribution is 0.0158. The Morgan fingerprint density at radius 3 is 2.42 bits per heavy atom. The van der Waals surface area contributed by atoms with Crippen LogP contribution in [0.3, 0.4) is 0 Å². The molecule has 0 spiro atoms. The average Bonchev–Trinajstić information content (AvgIpc) is 2.70. The lowest BCUT2D eigenvalue weighted by atomic mass is 10.1. The summed E-state index contributed by atoms with van der Waals surface area (Å²) in [6.07, 6.45) is 1.83. The topological polar surface area (TPSA) is 29.5 Å². The molecule has 19 heavy (non-hydrogen) atoms. The Hall–Kier alpha value is -1.51. The van der Waals surface area contributed by atoms with Crippen molar-refractivity contribution in [3.8, 4) is 0 Å². The number of ether oxygens (including phenoxy) is 1. The van der Waals surface area contributed by atoms with Crippen LogP contribution in [0.25, 0.3) is 0 Å². The van der Waals surface area contributed by atoms with Crippen LogP contribution in [0.1, 0.15) is 52.1 Å². The third-order valence-electron chi connectivity index (χ3n) is 3.46. The minimum atomic E-state index is -0.444. The lowest BCUT2D eigenvalue weighted by Crippen LogP contribution is -2.40. The maximum absolute atomic E-state index is 12.4. The fraction of sp³-hybridized carbons (Fsp3) is 0.562. The molecular weight excluding hydrogens is 238 g/mol. The zero-order chi connectivity index (χ0) is 14.0. The number of hydrogen-bond donors (Lipinski definition) is 0. The summed E-state index contributed by atoms with van der Waals surface area (Å²) in [5.41, 5.74) is 0.749. The molecule has 0 aromatic heterocycles. The molecule has 0 aliphatic carbocycles. The number of carbonyl (C=O) groups excluding carboxylic acids is 1. The predicted octanol–water partition coefficient (Wildman–Crippen LogP) is 4.15. The molecular formula is C16H23NO2. The number of amides is 1. The molecule has 1 amide bonds. The van der Waals surface area contributed by atoms with Crippen molar-refractivity contribution in [3.63, 3.8) is 0 Å². The highest BCUT2D eigenvalue weighted by Crippen LogP contribution is 2.36. The van der Waals surface area contributed by atoms with E-state index in [1.165, 1.54) is 5.56 Å². The van der Waals surface area contributed by atoms with Crippen LogP contribution in [0.15, 0.2) is 30.3 Å². The number of benzene rings is 1. The molecule has 0 bridgehead atoms. The molecule has 2 atom stereocenters. The minimum absolute atomic E-state index is 0.144. The monoisotopic (exact) mass is 261 g/mol. The van der Waals surface area contributed by atoms with Gasteiger partial charge in [-0.25, -0.2) is 4.79 Å². The van der Waals surface area contributed by atoms with Gasteiger partial charge in [0.05, 0.1) is 6.04 Å². The highest BCUT2D eigenvalue weighted by atomic mass is 16.6. The quantitative estimate of drug-likeness (QED) is 0.760. The van der Waals surface area contributed by atoms with E-state index in [0.29, 0.717) is 0 Å². The lowest BCUT2D eigenvalue weighted by Gasteiger charge is -2.31. The van der Waals surface area contributed by atoms with E-state index in [4.69, 9.17) is 4.74 Å². The molecule has 0 saturated carbocycles. The van der Waals surface area contributed by atoms with E-state index in [1.807, 2.05) is 43.9 Å². The molecule has 1 heterocycles. The van der Waals surface area contributed by atoms with Gasteiger partial charge in [-0.05, 0) is 46.1 Å². The molecule has 1 fully saturated rings. The number of nitrogens with zero attached hydrogens (tertiary/aromatic N) is 1. The first kappa shape index (κ1) is 13.9. The Kier molecular flexibility index (Phi) is 3.83. The molecule has 1 aromatic rings. The number of rotatable bonds is 1. The predicted molar refractivity (Wildman–Crippen MR) is 76.0 cm³/mol. The summed E-state index contributed by atoms with van der Waals surface area (Å²) in [5, 5.41) is 0. The van der Waals surface area contributed by atoms with E-state index in [9.17, 15) is 4.79 Å². The second kappa shape index (κ2) is 5.24. The van der Waals surface area contributed by atoms with Crippen molar-refractivity contribution in [1.29, 1.82) is 0 Å². The van der Waals surface area contributed by atoms with Crippen molar-refractivity contribution in [1.82, 2.24) is 4.90 Å². The Labute approximate surface area is 115 Å². The molecule has 104 valence electrons. The maximum atomic E-state index is 12.4. The van der Waals surface area contributed by atoms with Crippen molar-refractivity contribution in [2.24, 2.45) is 0 Å². The van der Waals surface area contributed by atoms with Gasteiger partial charge in [-0.15, -0.1) is 0 Å². The second-order valence-electron chi connectivity index (χ2n) is 6.24. The summed E-state index contributed by atoms with van der Waals surface area (Å²) in [7, 11) is 0. The third kappa shape index (κ3) is 3.28. The SMILES string of the molecule is C[C@@H]1CC[C@@H](c2ccccc2)N1C(=O)OC(C)(C)C. The van der Waals surface area contributed by atoms with Gasteiger partial charge in [-0.3, -0.25) is 4.90 Å². The van der Waals surface area contributed by atoms with Crippen molar-refractivity contribution in [2.45, 2.75) is 58.2 Å². The van der Waals surface area contributed by atoms with Crippen molar-refractivity contribution in [2.75, 3.05) is 0 Å². The number of hydrogen-bond acceptors (Lipinski definition) is 2. The fourth-order valence-electron chi connectivity index (χ4n) is 2.61. The zero-order valence-electron chi connectivity index (χ0n) is 12.2. The van der Waals surface area contributed by atoms with Gasteiger partial charge in [0.25, 0.3) is 0 Å². The largest absolute Gasteiger partial charge is 0.444 e. The molecule has 3 nitrogen and oxygen atoms in total. The van der Waals surface area contributed by atoms with Gasteiger partial charge in [-0.1, -0.05) is 30.3 Å². The van der Waals surface area contributed by atoms with Crippen LogP contribution in [0.4, 0.5) is 4.79 Å². The van der Waals surface area contributed by atoms with Gasteiger partial charge in [0.15, 0.2) is 0 Å². The van der Waals surface area contributed by atoms with E-state index < -0.39 is 5.60 Å². The molecule has 1 aliphatic rings. The summed E-state index contributed by atoms with van der Waals surface area (Å²) in [5.74, 6) is 0. The van der Waals surface area contributed by atoms with E-state index in [0.717, 1.165) is 12.8 Å². The van der Waals surface area contributed by atoms with Gasteiger partial charge in [0.1, 0.15) is 5.60 Å². The fourth-order valence-corrected chi connectivity index (χ4v) is 2.61. The summed E-state index contributed by atoms with van der Waals surface area (Å²) in [6.45, 7) is 7.81. The molecule has 0 N–H and O–H groups in total. The van der Waals surface area contributed by atoms with Gasteiger partial charge in [-0.2, -0.15) is 0 Å². The summed E-state index contributed by atoms with van der Waals surface area (Å²) in [4.78, 5) is 14.2. The Bertz CT molecular complexity index is 436. The number of likely N-dealkylation sites (tertiary alicyclic amines) is 1. The Morgan fingerprint density at radius 2 is 1.84 bits per heavy atom. The molecule has 1 aliphatic heterocycles. The maximum Gasteiger partial charge on any atom is 0.411 e. The highest BCUT2D eigenvalue weighted by molar-refractivity contribution is 5.69. The standard InChI is InChI=1S/C16H23NO2/c1-12-10-11-14(13-8-6-5-7-9-13)17(12)15(18)19-16(2,3)4/h5-9,12,14H,10-11H2,1-4H3/t12-,14+/m1/s1. The van der Waals surface area contributed by atoms with Gasteiger partial charge in [0.2, 0.25) is 0 Å². The smallest absolute Gasteiger partial charge is 0.411 e. The van der Waals surface area contributed by atoms with Gasteiger partial charge < -0.3 is 4.74 Å². The van der Waals surface area contributed by atoms with E-state index in [1.54, 1.807) is 0 Å². The number of carbonyl (C=O) groups is 1. The first-order valence-electron chi connectivity index (χ1n) is 6.95. The van der Waals surface area contributed by atoms with E-state index in [-0.39, 0.29) is 18.2 Å². The van der Waals surface area contributed by atoms with Gasteiger partial charge in [0, 0.05) is 6.04 Å². The Morgan fingerprint density at radius 1 is 1.21 bits per heavy atom. The van der Waals surface area contributed by atoms with E-state index in [2.05, 4.69) is 19.1 Å². The van der Waals surface area contributed by atoms with Crippen molar-refractivity contribution < 1.29 is 9.53 Å². The van der Waals surface area contributed by atoms with Crippen LogP contribution in [-0.2, 0) is 4.74 Å². The molecule has 3 heteroatoms. The Balaban J connectivity index is 2.19.